The lowest BCUT2D eigenvalue weighted by atomic mass is 10.3. The van der Waals surface area contributed by atoms with Gasteiger partial charge in [-0.2, -0.15) is 4.98 Å². The van der Waals surface area contributed by atoms with E-state index in [-0.39, 0.29) is 4.87 Å². The van der Waals surface area contributed by atoms with Gasteiger partial charge in [-0.25, -0.2) is 4.98 Å². The third kappa shape index (κ3) is 2.82. The first-order valence-corrected chi connectivity index (χ1v) is 5.99. The van der Waals surface area contributed by atoms with E-state index in [1.54, 1.807) is 18.6 Å². The Kier molecular flexibility index (Phi) is 3.38. The summed E-state index contributed by atoms with van der Waals surface area (Å²) in [6.07, 6.45) is 1.75. The minimum Gasteiger partial charge on any atom is -0.364 e. The Morgan fingerprint density at radius 3 is 3.00 bits per heavy atom. The fourth-order valence-electron chi connectivity index (χ4n) is 1.32. The van der Waals surface area contributed by atoms with E-state index in [1.165, 1.54) is 0 Å². The number of nitrogens with zero attached hydrogens (tertiary/aromatic N) is 2. The van der Waals surface area contributed by atoms with Crippen LogP contribution in [0.1, 0.15) is 11.3 Å². The zero-order valence-electron chi connectivity index (χ0n) is 9.57. The van der Waals surface area contributed by atoms with Crippen molar-refractivity contribution in [1.82, 2.24) is 15.0 Å². The molecule has 2 aromatic heterocycles. The summed E-state index contributed by atoms with van der Waals surface area (Å²) < 4.78 is 0. The molecule has 0 unspecified atom stereocenters. The van der Waals surface area contributed by atoms with E-state index < -0.39 is 0 Å². The summed E-state index contributed by atoms with van der Waals surface area (Å²) in [5.41, 5.74) is 1.81. The predicted octanol–water partition coefficient (Wildman–Crippen LogP) is 1.19. The quantitative estimate of drug-likeness (QED) is 0.760. The number of H-pyrrole nitrogens is 1. The molecule has 0 bridgehead atoms. The Morgan fingerprint density at radius 2 is 2.35 bits per heavy atom. The van der Waals surface area contributed by atoms with Gasteiger partial charge in [-0.05, 0) is 6.92 Å². The lowest BCUT2D eigenvalue weighted by molar-refractivity contribution is 1.02. The zero-order valence-corrected chi connectivity index (χ0v) is 10.4. The zero-order chi connectivity index (χ0) is 12.3. The standard InChI is InChI=1S/C10H13N5OS/c1-6-3-13-9(11-2)15-8(6)12-4-7-5-17-10(16)14-7/h3,5H,4H2,1-2H3,(H,14,16)(H2,11,12,13,15). The van der Waals surface area contributed by atoms with Crippen molar-refractivity contribution in [2.75, 3.05) is 17.7 Å². The van der Waals surface area contributed by atoms with Crippen molar-refractivity contribution in [2.45, 2.75) is 13.5 Å². The minimum absolute atomic E-state index is 0.0443. The highest BCUT2D eigenvalue weighted by atomic mass is 32.1. The molecule has 0 saturated heterocycles. The number of aromatic amines is 1. The van der Waals surface area contributed by atoms with Gasteiger partial charge in [0.05, 0.1) is 6.54 Å². The van der Waals surface area contributed by atoms with Gasteiger partial charge in [0.1, 0.15) is 5.82 Å². The van der Waals surface area contributed by atoms with Gasteiger partial charge in [-0.3, -0.25) is 4.79 Å². The molecule has 0 aliphatic carbocycles. The largest absolute Gasteiger partial charge is 0.364 e. The molecule has 0 amide bonds. The summed E-state index contributed by atoms with van der Waals surface area (Å²) in [5, 5.41) is 7.84. The summed E-state index contributed by atoms with van der Waals surface area (Å²) in [6, 6.07) is 0. The first-order chi connectivity index (χ1) is 8.19. The molecular formula is C10H13N5OS. The second-order valence-electron chi connectivity index (χ2n) is 3.50. The number of hydrogen-bond donors (Lipinski definition) is 3. The predicted molar refractivity (Wildman–Crippen MR) is 68.6 cm³/mol. The summed E-state index contributed by atoms with van der Waals surface area (Å²) in [6.45, 7) is 2.47. The molecule has 2 rings (SSSR count). The molecule has 0 aliphatic rings. The molecule has 0 fully saturated rings. The van der Waals surface area contributed by atoms with Crippen LogP contribution in [0.3, 0.4) is 0 Å². The van der Waals surface area contributed by atoms with Crippen LogP contribution in [-0.4, -0.2) is 22.0 Å². The van der Waals surface area contributed by atoms with E-state index in [0.717, 1.165) is 28.4 Å². The number of nitrogens with one attached hydrogen (secondary N) is 3. The van der Waals surface area contributed by atoms with E-state index in [0.29, 0.717) is 12.5 Å². The van der Waals surface area contributed by atoms with Crippen LogP contribution in [0.15, 0.2) is 16.4 Å². The van der Waals surface area contributed by atoms with Gasteiger partial charge < -0.3 is 15.6 Å². The minimum atomic E-state index is -0.0443. The average Bonchev–Trinajstić information content (AvgIpc) is 2.74. The van der Waals surface area contributed by atoms with Crippen LogP contribution in [-0.2, 0) is 6.54 Å². The molecule has 2 heterocycles. The van der Waals surface area contributed by atoms with Gasteiger partial charge in [-0.1, -0.05) is 11.3 Å². The van der Waals surface area contributed by atoms with Crippen molar-refractivity contribution in [3.05, 3.63) is 32.5 Å². The summed E-state index contributed by atoms with van der Waals surface area (Å²) in [7, 11) is 1.77. The van der Waals surface area contributed by atoms with Crippen molar-refractivity contribution < 1.29 is 0 Å². The molecule has 17 heavy (non-hydrogen) atoms. The van der Waals surface area contributed by atoms with Crippen molar-refractivity contribution in [1.29, 1.82) is 0 Å². The van der Waals surface area contributed by atoms with Gasteiger partial charge in [0.15, 0.2) is 0 Å². The van der Waals surface area contributed by atoms with Crippen molar-refractivity contribution >= 4 is 23.1 Å². The number of aryl methyl sites for hydroxylation is 1. The molecular weight excluding hydrogens is 238 g/mol. The van der Waals surface area contributed by atoms with Crippen LogP contribution in [0.25, 0.3) is 0 Å². The molecule has 0 saturated carbocycles. The Labute approximate surface area is 102 Å². The van der Waals surface area contributed by atoms with E-state index >= 15 is 0 Å². The summed E-state index contributed by atoms with van der Waals surface area (Å²) in [5.74, 6) is 1.33. The Hall–Kier alpha value is -1.89. The third-order valence-corrected chi connectivity index (χ3v) is 2.93. The lowest BCUT2D eigenvalue weighted by Crippen LogP contribution is -2.07. The molecule has 0 aliphatic heterocycles. The van der Waals surface area contributed by atoms with E-state index in [1.807, 2.05) is 6.92 Å². The molecule has 90 valence electrons. The second-order valence-corrected chi connectivity index (χ2v) is 4.34. The molecule has 7 heteroatoms. The summed E-state index contributed by atoms with van der Waals surface area (Å²) >= 11 is 1.16. The molecule has 0 atom stereocenters. The fourth-order valence-corrected chi connectivity index (χ4v) is 1.90. The maximum Gasteiger partial charge on any atom is 0.304 e. The second kappa shape index (κ2) is 4.96. The van der Waals surface area contributed by atoms with Crippen LogP contribution in [0.2, 0.25) is 0 Å². The number of thiazole rings is 1. The van der Waals surface area contributed by atoms with E-state index in [9.17, 15) is 4.79 Å². The molecule has 0 radical (unpaired) electrons. The maximum absolute atomic E-state index is 11.0. The van der Waals surface area contributed by atoms with E-state index in [2.05, 4.69) is 25.6 Å². The Morgan fingerprint density at radius 1 is 1.53 bits per heavy atom. The fraction of sp³-hybridized carbons (Fsp3) is 0.300. The topological polar surface area (TPSA) is 82.7 Å². The molecule has 0 spiro atoms. The first-order valence-electron chi connectivity index (χ1n) is 5.11. The SMILES string of the molecule is CNc1ncc(C)c(NCc2csc(=O)[nH]2)n1. The Bertz CT molecular complexity index is 562. The normalized spacial score (nSPS) is 10.2. The Balaban J connectivity index is 2.10. The van der Waals surface area contributed by atoms with Gasteiger partial charge >= 0.3 is 4.87 Å². The number of anilines is 2. The molecule has 6 nitrogen and oxygen atoms in total. The third-order valence-electron chi connectivity index (χ3n) is 2.21. The van der Waals surface area contributed by atoms with Gasteiger partial charge in [-0.15, -0.1) is 0 Å². The highest BCUT2D eigenvalue weighted by molar-refractivity contribution is 7.07. The van der Waals surface area contributed by atoms with Gasteiger partial charge in [0.2, 0.25) is 5.95 Å². The number of aromatic nitrogens is 3. The maximum atomic E-state index is 11.0. The lowest BCUT2D eigenvalue weighted by Gasteiger charge is -2.08. The first kappa shape index (κ1) is 11.6. The van der Waals surface area contributed by atoms with Crippen LogP contribution in [0.5, 0.6) is 0 Å². The van der Waals surface area contributed by atoms with Crippen LogP contribution < -0.4 is 15.5 Å². The number of hydrogen-bond acceptors (Lipinski definition) is 6. The van der Waals surface area contributed by atoms with Crippen molar-refractivity contribution in [2.24, 2.45) is 0 Å². The summed E-state index contributed by atoms with van der Waals surface area (Å²) in [4.78, 5) is 22.0. The monoisotopic (exact) mass is 251 g/mol. The van der Waals surface area contributed by atoms with Crippen LogP contribution >= 0.6 is 11.3 Å². The van der Waals surface area contributed by atoms with Crippen molar-refractivity contribution in [3.8, 4) is 0 Å². The highest BCUT2D eigenvalue weighted by Gasteiger charge is 2.03. The van der Waals surface area contributed by atoms with Gasteiger partial charge in [0.25, 0.3) is 0 Å². The van der Waals surface area contributed by atoms with E-state index in [4.69, 9.17) is 0 Å². The van der Waals surface area contributed by atoms with Crippen LogP contribution in [0, 0.1) is 6.92 Å². The number of rotatable bonds is 4. The highest BCUT2D eigenvalue weighted by Crippen LogP contribution is 2.13. The van der Waals surface area contributed by atoms with Gasteiger partial charge in [0, 0.05) is 29.9 Å². The molecule has 2 aromatic rings. The smallest absolute Gasteiger partial charge is 0.304 e. The van der Waals surface area contributed by atoms with Crippen LogP contribution in [0.4, 0.5) is 11.8 Å². The van der Waals surface area contributed by atoms with Crippen molar-refractivity contribution in [3.63, 3.8) is 0 Å². The molecule has 0 aromatic carbocycles. The molecule has 3 N–H and O–H groups in total. The average molecular weight is 251 g/mol.